The van der Waals surface area contributed by atoms with Crippen molar-refractivity contribution in [2.24, 2.45) is 0 Å². The molecule has 22 heavy (non-hydrogen) atoms. The molecule has 0 spiro atoms. The highest BCUT2D eigenvalue weighted by Gasteiger charge is 2.22. The summed E-state index contributed by atoms with van der Waals surface area (Å²) < 4.78 is 25.6. The van der Waals surface area contributed by atoms with Crippen LogP contribution in [-0.4, -0.2) is 18.5 Å². The van der Waals surface area contributed by atoms with Gasteiger partial charge in [0.15, 0.2) is 0 Å². The van der Waals surface area contributed by atoms with E-state index >= 15 is 0 Å². The van der Waals surface area contributed by atoms with Crippen molar-refractivity contribution in [3.8, 4) is 5.75 Å². The normalized spacial score (nSPS) is 11.7. The second-order valence-electron chi connectivity index (χ2n) is 4.56. The summed E-state index contributed by atoms with van der Waals surface area (Å²) in [5.41, 5.74) is 0.226. The molecule has 0 atom stereocenters. The fraction of sp³-hybridized carbons (Fsp3) is 0. The van der Waals surface area contributed by atoms with Crippen LogP contribution in [0.4, 0.5) is 0 Å². The second-order valence-corrected chi connectivity index (χ2v) is 7.29. The molecule has 3 rings (SSSR count). The van der Waals surface area contributed by atoms with E-state index in [-0.39, 0.29) is 31.1 Å². The van der Waals surface area contributed by atoms with E-state index in [0.29, 0.717) is 5.39 Å². The molecule has 0 amide bonds. The molecule has 7 heteroatoms. The third kappa shape index (κ3) is 2.41. The minimum atomic E-state index is -3.82. The second kappa shape index (κ2) is 5.43. The summed E-state index contributed by atoms with van der Waals surface area (Å²) in [6.07, 6.45) is 1.48. The van der Waals surface area contributed by atoms with Gasteiger partial charge >= 0.3 is 0 Å². The first-order valence-corrected chi connectivity index (χ1v) is 8.42. The molecule has 112 valence electrons. The molecule has 1 aromatic heterocycles. The van der Waals surface area contributed by atoms with Gasteiger partial charge in [-0.15, -0.1) is 0 Å². The number of sulfone groups is 1. The fourth-order valence-electron chi connectivity index (χ4n) is 2.14. The maximum absolute atomic E-state index is 12.8. The Bertz CT molecular complexity index is 987. The summed E-state index contributed by atoms with van der Waals surface area (Å²) in [6.45, 7) is 0. The molecule has 0 fully saturated rings. The third-order valence-corrected chi connectivity index (χ3v) is 5.75. The van der Waals surface area contributed by atoms with Crippen molar-refractivity contribution >= 4 is 43.9 Å². The molecule has 0 saturated heterocycles. The molecule has 3 aromatic rings. The first kappa shape index (κ1) is 15.1. The van der Waals surface area contributed by atoms with Gasteiger partial charge in [0.25, 0.3) is 0 Å². The number of pyridine rings is 1. The number of hydrogen-bond donors (Lipinski definition) is 1. The van der Waals surface area contributed by atoms with Gasteiger partial charge in [0, 0.05) is 11.6 Å². The minimum Gasteiger partial charge on any atom is -0.506 e. The van der Waals surface area contributed by atoms with Gasteiger partial charge in [-0.25, -0.2) is 8.42 Å². The Balaban J connectivity index is 2.30. The van der Waals surface area contributed by atoms with Crippen LogP contribution in [0, 0.1) is 0 Å². The number of rotatable bonds is 2. The van der Waals surface area contributed by atoms with Crippen LogP contribution in [0.25, 0.3) is 10.9 Å². The van der Waals surface area contributed by atoms with E-state index in [9.17, 15) is 13.5 Å². The van der Waals surface area contributed by atoms with Crippen molar-refractivity contribution in [3.05, 3.63) is 58.7 Å². The third-order valence-electron chi connectivity index (χ3n) is 3.20. The van der Waals surface area contributed by atoms with E-state index in [2.05, 4.69) is 4.98 Å². The zero-order chi connectivity index (χ0) is 15.9. The van der Waals surface area contributed by atoms with Gasteiger partial charge in [0.1, 0.15) is 11.3 Å². The van der Waals surface area contributed by atoms with E-state index in [4.69, 9.17) is 23.2 Å². The smallest absolute Gasteiger partial charge is 0.207 e. The van der Waals surface area contributed by atoms with Gasteiger partial charge in [0.2, 0.25) is 9.84 Å². The van der Waals surface area contributed by atoms with Crippen molar-refractivity contribution in [1.82, 2.24) is 4.98 Å². The summed E-state index contributed by atoms with van der Waals surface area (Å²) in [5.74, 6) is -0.0799. The number of benzene rings is 2. The highest BCUT2D eigenvalue weighted by Crippen LogP contribution is 2.33. The maximum atomic E-state index is 12.8. The number of aromatic nitrogens is 1. The van der Waals surface area contributed by atoms with Crippen LogP contribution in [0.2, 0.25) is 10.0 Å². The SMILES string of the molecule is O=S(=O)(c1ccc(Cl)c(Cl)c1)c1ccc(O)c2ncccc12. The van der Waals surface area contributed by atoms with Crippen LogP contribution in [0.1, 0.15) is 0 Å². The van der Waals surface area contributed by atoms with Crippen molar-refractivity contribution in [2.75, 3.05) is 0 Å². The number of phenols is 1. The lowest BCUT2D eigenvalue weighted by atomic mass is 10.2. The molecule has 0 aliphatic rings. The van der Waals surface area contributed by atoms with E-state index in [1.807, 2.05) is 0 Å². The summed E-state index contributed by atoms with van der Waals surface area (Å²) in [6, 6.07) is 9.96. The average molecular weight is 354 g/mol. The first-order valence-electron chi connectivity index (χ1n) is 6.18. The van der Waals surface area contributed by atoms with Crippen LogP contribution in [-0.2, 0) is 9.84 Å². The molecular formula is C15H9Cl2NO3S. The predicted octanol–water partition coefficient (Wildman–Crippen LogP) is 4.08. The summed E-state index contributed by atoms with van der Waals surface area (Å²) in [7, 11) is -3.82. The van der Waals surface area contributed by atoms with Gasteiger partial charge in [-0.1, -0.05) is 23.2 Å². The van der Waals surface area contributed by atoms with Crippen molar-refractivity contribution in [1.29, 1.82) is 0 Å². The minimum absolute atomic E-state index is 0.0257. The standard InChI is InChI=1S/C15H9Cl2NO3S/c16-11-4-3-9(8-12(11)17)22(20,21)14-6-5-13(19)15-10(14)2-1-7-18-15/h1-8,19H. The number of fused-ring (bicyclic) bond motifs is 1. The highest BCUT2D eigenvalue weighted by atomic mass is 35.5. The first-order chi connectivity index (χ1) is 10.4. The zero-order valence-electron chi connectivity index (χ0n) is 11.0. The molecular weight excluding hydrogens is 345 g/mol. The Kier molecular flexibility index (Phi) is 3.72. The van der Waals surface area contributed by atoms with Crippen LogP contribution in [0.5, 0.6) is 5.75 Å². The van der Waals surface area contributed by atoms with E-state index < -0.39 is 9.84 Å². The molecule has 0 aliphatic carbocycles. The molecule has 0 bridgehead atoms. The number of halogens is 2. The van der Waals surface area contributed by atoms with E-state index in [1.165, 1.54) is 36.5 Å². The highest BCUT2D eigenvalue weighted by molar-refractivity contribution is 7.91. The summed E-state index contributed by atoms with van der Waals surface area (Å²) in [4.78, 5) is 4.09. The Morgan fingerprint density at radius 2 is 1.77 bits per heavy atom. The Morgan fingerprint density at radius 3 is 2.50 bits per heavy atom. The fourth-order valence-corrected chi connectivity index (χ4v) is 3.98. The molecule has 0 saturated carbocycles. The Morgan fingerprint density at radius 1 is 1.00 bits per heavy atom. The maximum Gasteiger partial charge on any atom is 0.207 e. The lowest BCUT2D eigenvalue weighted by molar-refractivity contribution is 0.480. The van der Waals surface area contributed by atoms with E-state index in [0.717, 1.165) is 0 Å². The van der Waals surface area contributed by atoms with Gasteiger partial charge in [-0.3, -0.25) is 4.98 Å². The van der Waals surface area contributed by atoms with Crippen LogP contribution < -0.4 is 0 Å². The average Bonchev–Trinajstić information content (AvgIpc) is 2.50. The predicted molar refractivity (Wildman–Crippen MR) is 85.3 cm³/mol. The largest absolute Gasteiger partial charge is 0.506 e. The molecule has 0 unspecified atom stereocenters. The monoisotopic (exact) mass is 353 g/mol. The quantitative estimate of drug-likeness (QED) is 0.753. The van der Waals surface area contributed by atoms with Crippen molar-refractivity contribution in [3.63, 3.8) is 0 Å². The molecule has 2 aromatic carbocycles. The number of hydrogen-bond acceptors (Lipinski definition) is 4. The summed E-state index contributed by atoms with van der Waals surface area (Å²) in [5, 5.41) is 10.6. The number of nitrogens with zero attached hydrogens (tertiary/aromatic N) is 1. The molecule has 1 N–H and O–H groups in total. The van der Waals surface area contributed by atoms with Gasteiger partial charge < -0.3 is 5.11 Å². The van der Waals surface area contributed by atoms with Crippen LogP contribution in [0.3, 0.4) is 0 Å². The number of aromatic hydroxyl groups is 1. The summed E-state index contributed by atoms with van der Waals surface area (Å²) >= 11 is 11.7. The number of phenolic OH excluding ortho intramolecular Hbond substituents is 1. The van der Waals surface area contributed by atoms with Gasteiger partial charge in [-0.05, 0) is 42.5 Å². The zero-order valence-corrected chi connectivity index (χ0v) is 13.3. The molecule has 0 radical (unpaired) electrons. The van der Waals surface area contributed by atoms with Crippen molar-refractivity contribution in [2.45, 2.75) is 9.79 Å². The molecule has 4 nitrogen and oxygen atoms in total. The topological polar surface area (TPSA) is 67.3 Å². The lowest BCUT2D eigenvalue weighted by Gasteiger charge is -2.09. The van der Waals surface area contributed by atoms with Crippen LogP contribution in [0.15, 0.2) is 58.5 Å². The van der Waals surface area contributed by atoms with Gasteiger partial charge in [0.05, 0.1) is 19.8 Å². The molecule has 1 heterocycles. The molecule has 0 aliphatic heterocycles. The van der Waals surface area contributed by atoms with E-state index in [1.54, 1.807) is 12.1 Å². The van der Waals surface area contributed by atoms with Gasteiger partial charge in [-0.2, -0.15) is 0 Å². The lowest BCUT2D eigenvalue weighted by Crippen LogP contribution is -2.03. The Labute approximate surface area is 136 Å². The van der Waals surface area contributed by atoms with Crippen molar-refractivity contribution < 1.29 is 13.5 Å². The Hall–Kier alpha value is -1.82. The van der Waals surface area contributed by atoms with Crippen LogP contribution >= 0.6 is 23.2 Å².